The Morgan fingerprint density at radius 3 is 1.37 bits per heavy atom. The van der Waals surface area contributed by atoms with Crippen LogP contribution in [0.3, 0.4) is 0 Å². The van der Waals surface area contributed by atoms with Gasteiger partial charge in [-0.15, -0.1) is 0 Å². The molecular formula is C15H10F4. The van der Waals surface area contributed by atoms with Crippen LogP contribution in [-0.4, -0.2) is 6.18 Å². The van der Waals surface area contributed by atoms with Crippen molar-refractivity contribution in [3.63, 3.8) is 0 Å². The molecule has 0 aliphatic carbocycles. The van der Waals surface area contributed by atoms with E-state index < -0.39 is 17.6 Å². The summed E-state index contributed by atoms with van der Waals surface area (Å²) >= 11 is 0. The van der Waals surface area contributed by atoms with Crippen LogP contribution < -0.4 is 0 Å². The van der Waals surface area contributed by atoms with E-state index in [0.29, 0.717) is 0 Å². The topological polar surface area (TPSA) is 0 Å². The Balaban J connectivity index is 2.66. The average molecular weight is 266 g/mol. The van der Waals surface area contributed by atoms with E-state index in [1.165, 1.54) is 24.3 Å². The number of hydrogen-bond donors (Lipinski definition) is 0. The predicted molar refractivity (Wildman–Crippen MR) is 66.1 cm³/mol. The number of rotatable bonds is 2. The summed E-state index contributed by atoms with van der Waals surface area (Å²) in [4.78, 5) is 0. The van der Waals surface area contributed by atoms with Crippen LogP contribution in [0.4, 0.5) is 17.6 Å². The molecule has 0 nitrogen and oxygen atoms in total. The lowest BCUT2D eigenvalue weighted by Gasteiger charge is -2.12. The van der Waals surface area contributed by atoms with Crippen molar-refractivity contribution in [2.75, 3.05) is 0 Å². The number of halogens is 4. The molecule has 0 bridgehead atoms. The molecule has 19 heavy (non-hydrogen) atoms. The molecule has 0 fully saturated rings. The predicted octanol–water partition coefficient (Wildman–Crippen LogP) is 4.98. The van der Waals surface area contributed by atoms with Crippen molar-refractivity contribution in [2.24, 2.45) is 0 Å². The smallest absolute Gasteiger partial charge is 0.201 e. The van der Waals surface area contributed by atoms with Gasteiger partial charge in [-0.1, -0.05) is 60.7 Å². The van der Waals surface area contributed by atoms with Crippen molar-refractivity contribution >= 4 is 5.57 Å². The summed E-state index contributed by atoms with van der Waals surface area (Å²) in [5.74, 6) is -2.08. The highest BCUT2D eigenvalue weighted by atomic mass is 19.4. The van der Waals surface area contributed by atoms with E-state index in [4.69, 9.17) is 0 Å². The molecule has 4 heteroatoms. The highest BCUT2D eigenvalue weighted by Gasteiger charge is 2.38. The zero-order valence-electron chi connectivity index (χ0n) is 9.79. The summed E-state index contributed by atoms with van der Waals surface area (Å²) in [5.41, 5.74) is -0.0410. The molecule has 2 aromatic carbocycles. The van der Waals surface area contributed by atoms with Crippen LogP contribution in [0.25, 0.3) is 5.57 Å². The molecule has 0 unspecified atom stereocenters. The molecule has 98 valence electrons. The van der Waals surface area contributed by atoms with E-state index in [0.717, 1.165) is 0 Å². The molecule has 0 N–H and O–H groups in total. The SMILES string of the molecule is FC(=C(c1ccccc1)c1ccccc1)C(F)(F)F. The number of alkyl halides is 3. The summed E-state index contributed by atoms with van der Waals surface area (Å²) in [7, 11) is 0. The largest absolute Gasteiger partial charge is 0.443 e. The lowest BCUT2D eigenvalue weighted by molar-refractivity contribution is -0.107. The monoisotopic (exact) mass is 266 g/mol. The molecule has 0 aromatic heterocycles. The molecule has 0 heterocycles. The van der Waals surface area contributed by atoms with E-state index in [1.807, 2.05) is 0 Å². The molecule has 2 rings (SSSR count). The normalized spacial score (nSPS) is 11.2. The fourth-order valence-electron chi connectivity index (χ4n) is 1.77. The standard InChI is InChI=1S/C15H10F4/c16-14(15(17,18)19)13(11-7-3-1-4-8-11)12-9-5-2-6-10-12/h1-10H. The van der Waals surface area contributed by atoms with E-state index in [1.54, 1.807) is 36.4 Å². The van der Waals surface area contributed by atoms with Crippen molar-refractivity contribution in [1.82, 2.24) is 0 Å². The van der Waals surface area contributed by atoms with Gasteiger partial charge in [0.15, 0.2) is 0 Å². The second-order valence-electron chi connectivity index (χ2n) is 3.92. The third kappa shape index (κ3) is 3.02. The maximum atomic E-state index is 13.7. The van der Waals surface area contributed by atoms with Gasteiger partial charge in [0.2, 0.25) is 5.83 Å². The summed E-state index contributed by atoms with van der Waals surface area (Å²) in [6.45, 7) is 0. The molecule has 0 radical (unpaired) electrons. The fraction of sp³-hybridized carbons (Fsp3) is 0.0667. The molecule has 0 saturated heterocycles. The van der Waals surface area contributed by atoms with Gasteiger partial charge in [-0.3, -0.25) is 0 Å². The number of benzene rings is 2. The molecule has 0 amide bonds. The summed E-state index contributed by atoms with van der Waals surface area (Å²) in [6, 6.07) is 15.4. The minimum atomic E-state index is -5.00. The Labute approximate surface area is 108 Å². The van der Waals surface area contributed by atoms with Crippen LogP contribution in [0, 0.1) is 0 Å². The quantitative estimate of drug-likeness (QED) is 0.672. The third-order valence-electron chi connectivity index (χ3n) is 2.59. The Bertz CT molecular complexity index is 527. The second kappa shape index (κ2) is 5.26. The van der Waals surface area contributed by atoms with Crippen molar-refractivity contribution in [1.29, 1.82) is 0 Å². The molecule has 0 saturated carbocycles. The average Bonchev–Trinajstić information content (AvgIpc) is 2.40. The first-order chi connectivity index (χ1) is 9.00. The van der Waals surface area contributed by atoms with Crippen molar-refractivity contribution < 1.29 is 17.6 Å². The van der Waals surface area contributed by atoms with Crippen molar-refractivity contribution in [2.45, 2.75) is 6.18 Å². The van der Waals surface area contributed by atoms with Crippen LogP contribution in [0.15, 0.2) is 66.5 Å². The first-order valence-electron chi connectivity index (χ1n) is 5.58. The van der Waals surface area contributed by atoms with Gasteiger partial charge < -0.3 is 0 Å². The highest BCUT2D eigenvalue weighted by molar-refractivity contribution is 5.81. The van der Waals surface area contributed by atoms with E-state index >= 15 is 0 Å². The van der Waals surface area contributed by atoms with Gasteiger partial charge in [0, 0.05) is 5.57 Å². The van der Waals surface area contributed by atoms with Crippen LogP contribution in [0.1, 0.15) is 11.1 Å². The first kappa shape index (κ1) is 13.3. The Kier molecular flexibility index (Phi) is 3.69. The fourth-order valence-corrected chi connectivity index (χ4v) is 1.77. The Morgan fingerprint density at radius 1 is 0.684 bits per heavy atom. The van der Waals surface area contributed by atoms with Crippen LogP contribution in [-0.2, 0) is 0 Å². The Morgan fingerprint density at radius 2 is 1.05 bits per heavy atom. The summed E-state index contributed by atoms with van der Waals surface area (Å²) in [5, 5.41) is 0. The van der Waals surface area contributed by atoms with Gasteiger partial charge >= 0.3 is 6.18 Å². The van der Waals surface area contributed by atoms with Crippen LogP contribution >= 0.6 is 0 Å². The second-order valence-corrected chi connectivity index (χ2v) is 3.92. The summed E-state index contributed by atoms with van der Waals surface area (Å²) in [6.07, 6.45) is -5.00. The molecule has 0 atom stereocenters. The van der Waals surface area contributed by atoms with Crippen molar-refractivity contribution in [3.8, 4) is 0 Å². The van der Waals surface area contributed by atoms with Crippen LogP contribution in [0.2, 0.25) is 0 Å². The third-order valence-corrected chi connectivity index (χ3v) is 2.59. The lowest BCUT2D eigenvalue weighted by Crippen LogP contribution is -2.11. The molecule has 2 aromatic rings. The van der Waals surface area contributed by atoms with Gasteiger partial charge in [-0.2, -0.15) is 13.2 Å². The summed E-state index contributed by atoms with van der Waals surface area (Å²) < 4.78 is 51.6. The molecule has 0 aliphatic rings. The van der Waals surface area contributed by atoms with Crippen molar-refractivity contribution in [3.05, 3.63) is 77.6 Å². The van der Waals surface area contributed by atoms with E-state index in [2.05, 4.69) is 0 Å². The molecule has 0 spiro atoms. The first-order valence-corrected chi connectivity index (χ1v) is 5.58. The van der Waals surface area contributed by atoms with Gasteiger partial charge in [-0.25, -0.2) is 4.39 Å². The van der Waals surface area contributed by atoms with Gasteiger partial charge in [-0.05, 0) is 11.1 Å². The molecule has 0 aliphatic heterocycles. The zero-order valence-corrected chi connectivity index (χ0v) is 9.79. The number of hydrogen-bond acceptors (Lipinski definition) is 0. The molecular weight excluding hydrogens is 256 g/mol. The van der Waals surface area contributed by atoms with Gasteiger partial charge in [0.1, 0.15) is 0 Å². The number of allylic oxidation sites excluding steroid dienone is 1. The van der Waals surface area contributed by atoms with Gasteiger partial charge in [0.05, 0.1) is 0 Å². The zero-order chi connectivity index (χ0) is 13.9. The maximum absolute atomic E-state index is 13.7. The maximum Gasteiger partial charge on any atom is 0.443 e. The van der Waals surface area contributed by atoms with E-state index in [9.17, 15) is 17.6 Å². The minimum Gasteiger partial charge on any atom is -0.201 e. The Hall–Kier alpha value is -2.10. The van der Waals surface area contributed by atoms with E-state index in [-0.39, 0.29) is 11.1 Å². The highest BCUT2D eigenvalue weighted by Crippen LogP contribution is 2.36. The van der Waals surface area contributed by atoms with Gasteiger partial charge in [0.25, 0.3) is 0 Å². The minimum absolute atomic E-state index is 0.198. The lowest BCUT2D eigenvalue weighted by atomic mass is 9.97. The van der Waals surface area contributed by atoms with Crippen LogP contribution in [0.5, 0.6) is 0 Å².